The van der Waals surface area contributed by atoms with Crippen LogP contribution in [0.1, 0.15) is 6.42 Å². The number of carboxylic acid groups (broad SMARTS) is 1. The van der Waals surface area contributed by atoms with Crippen molar-refractivity contribution in [1.82, 2.24) is 5.32 Å². The monoisotopic (exact) mass is 289 g/mol. The average Bonchev–Trinajstić information content (AvgIpc) is 2.49. The van der Waals surface area contributed by atoms with Crippen molar-refractivity contribution < 1.29 is 19.7 Å². The molecule has 0 aromatic heterocycles. The van der Waals surface area contributed by atoms with Crippen LogP contribution in [0.3, 0.4) is 0 Å². The molecule has 5 heteroatoms. The topological polar surface area (TPSA) is 78.8 Å². The summed E-state index contributed by atoms with van der Waals surface area (Å²) in [6, 6.07) is 13.7. The van der Waals surface area contributed by atoms with Crippen molar-refractivity contribution in [1.29, 1.82) is 0 Å². The Morgan fingerprint density at radius 3 is 2.76 bits per heavy atom. The van der Waals surface area contributed by atoms with E-state index in [0.29, 0.717) is 13.1 Å². The largest absolute Gasteiger partial charge is 0.490 e. The first-order valence-electron chi connectivity index (χ1n) is 6.88. The van der Waals surface area contributed by atoms with Crippen molar-refractivity contribution >= 4 is 16.7 Å². The molecule has 0 spiro atoms. The van der Waals surface area contributed by atoms with E-state index < -0.39 is 12.1 Å². The van der Waals surface area contributed by atoms with Gasteiger partial charge in [-0.1, -0.05) is 36.4 Å². The number of rotatable bonds is 8. The second-order valence-electron chi connectivity index (χ2n) is 4.79. The van der Waals surface area contributed by atoms with Gasteiger partial charge >= 0.3 is 5.97 Å². The number of carbonyl (C=O) groups is 1. The molecule has 21 heavy (non-hydrogen) atoms. The van der Waals surface area contributed by atoms with E-state index in [4.69, 9.17) is 9.84 Å². The van der Waals surface area contributed by atoms with Crippen LogP contribution in [0.2, 0.25) is 0 Å². The van der Waals surface area contributed by atoms with Gasteiger partial charge in [0.2, 0.25) is 0 Å². The molecule has 2 aromatic carbocycles. The maximum Gasteiger partial charge on any atom is 0.304 e. The summed E-state index contributed by atoms with van der Waals surface area (Å²) in [4.78, 5) is 10.4. The lowest BCUT2D eigenvalue weighted by Crippen LogP contribution is -2.32. The molecule has 0 fully saturated rings. The summed E-state index contributed by atoms with van der Waals surface area (Å²) in [5.74, 6) is -0.123. The molecule has 0 amide bonds. The van der Waals surface area contributed by atoms with Crippen LogP contribution in [0.5, 0.6) is 5.75 Å². The predicted octanol–water partition coefficient (Wildman–Crippen LogP) is 1.64. The van der Waals surface area contributed by atoms with E-state index in [2.05, 4.69) is 5.32 Å². The summed E-state index contributed by atoms with van der Waals surface area (Å²) < 4.78 is 5.65. The summed E-state index contributed by atoms with van der Waals surface area (Å²) in [6.45, 7) is 0.798. The standard InChI is InChI=1S/C16H19NO4/c18-13(10-17-9-8-16(19)20)11-21-15-7-3-5-12-4-1-2-6-14(12)15/h1-7,13,17-18H,8-11H2,(H,19,20). The number of fused-ring (bicyclic) bond motifs is 1. The molecule has 0 bridgehead atoms. The smallest absolute Gasteiger partial charge is 0.304 e. The Morgan fingerprint density at radius 2 is 1.95 bits per heavy atom. The van der Waals surface area contributed by atoms with E-state index in [-0.39, 0.29) is 13.0 Å². The summed E-state index contributed by atoms with van der Waals surface area (Å²) in [5, 5.41) is 23.3. The second-order valence-corrected chi connectivity index (χ2v) is 4.79. The average molecular weight is 289 g/mol. The lowest BCUT2D eigenvalue weighted by atomic mass is 10.1. The van der Waals surface area contributed by atoms with E-state index in [1.807, 2.05) is 42.5 Å². The Morgan fingerprint density at radius 1 is 1.19 bits per heavy atom. The van der Waals surface area contributed by atoms with Crippen LogP contribution in [0.15, 0.2) is 42.5 Å². The van der Waals surface area contributed by atoms with Gasteiger partial charge in [0.25, 0.3) is 0 Å². The van der Waals surface area contributed by atoms with Gasteiger partial charge in [0.1, 0.15) is 18.5 Å². The highest BCUT2D eigenvalue weighted by atomic mass is 16.5. The number of aliphatic hydroxyl groups is 1. The van der Waals surface area contributed by atoms with E-state index in [0.717, 1.165) is 16.5 Å². The van der Waals surface area contributed by atoms with Crippen LogP contribution in [-0.2, 0) is 4.79 Å². The molecule has 2 aromatic rings. The molecular formula is C16H19NO4. The molecule has 1 unspecified atom stereocenters. The lowest BCUT2D eigenvalue weighted by molar-refractivity contribution is -0.136. The first kappa shape index (κ1) is 15.3. The van der Waals surface area contributed by atoms with Gasteiger partial charge in [0.05, 0.1) is 6.42 Å². The number of hydrogen-bond donors (Lipinski definition) is 3. The van der Waals surface area contributed by atoms with Gasteiger partial charge in [-0.15, -0.1) is 0 Å². The Hall–Kier alpha value is -2.11. The third-order valence-corrected chi connectivity index (χ3v) is 3.08. The highest BCUT2D eigenvalue weighted by Crippen LogP contribution is 2.25. The lowest BCUT2D eigenvalue weighted by Gasteiger charge is -2.14. The minimum Gasteiger partial charge on any atom is -0.490 e. The van der Waals surface area contributed by atoms with Crippen LogP contribution in [0, 0.1) is 0 Å². The molecular weight excluding hydrogens is 270 g/mol. The van der Waals surface area contributed by atoms with Gasteiger partial charge in [-0.2, -0.15) is 0 Å². The molecule has 5 nitrogen and oxygen atoms in total. The molecule has 0 saturated carbocycles. The molecule has 0 radical (unpaired) electrons. The van der Waals surface area contributed by atoms with E-state index in [9.17, 15) is 9.90 Å². The van der Waals surface area contributed by atoms with E-state index in [1.165, 1.54) is 0 Å². The molecule has 0 heterocycles. The van der Waals surface area contributed by atoms with Crippen molar-refractivity contribution in [3.63, 3.8) is 0 Å². The Balaban J connectivity index is 1.83. The zero-order valence-corrected chi connectivity index (χ0v) is 11.7. The normalized spacial score (nSPS) is 12.2. The quantitative estimate of drug-likeness (QED) is 0.644. The van der Waals surface area contributed by atoms with Crippen LogP contribution in [0.25, 0.3) is 10.8 Å². The van der Waals surface area contributed by atoms with Gasteiger partial charge in [0.15, 0.2) is 0 Å². The number of benzene rings is 2. The Bertz CT molecular complexity index is 594. The van der Waals surface area contributed by atoms with Gasteiger partial charge in [-0.05, 0) is 11.5 Å². The van der Waals surface area contributed by atoms with Crippen LogP contribution < -0.4 is 10.1 Å². The Labute approximate surface area is 123 Å². The van der Waals surface area contributed by atoms with Crippen LogP contribution >= 0.6 is 0 Å². The van der Waals surface area contributed by atoms with Crippen LogP contribution in [-0.4, -0.2) is 42.0 Å². The number of carboxylic acids is 1. The summed E-state index contributed by atoms with van der Waals surface area (Å²) >= 11 is 0. The van der Waals surface area contributed by atoms with Crippen molar-refractivity contribution in [3.8, 4) is 5.75 Å². The maximum atomic E-state index is 10.4. The van der Waals surface area contributed by atoms with Crippen LogP contribution in [0.4, 0.5) is 0 Å². The highest BCUT2D eigenvalue weighted by Gasteiger charge is 2.07. The summed E-state index contributed by atoms with van der Waals surface area (Å²) in [7, 11) is 0. The molecule has 0 saturated heterocycles. The minimum atomic E-state index is -0.857. The number of nitrogens with one attached hydrogen (secondary N) is 1. The fourth-order valence-electron chi connectivity index (χ4n) is 2.03. The first-order valence-corrected chi connectivity index (χ1v) is 6.88. The van der Waals surface area contributed by atoms with Crippen molar-refractivity contribution in [3.05, 3.63) is 42.5 Å². The second kappa shape index (κ2) is 7.61. The summed E-state index contributed by atoms with van der Waals surface area (Å²) in [6.07, 6.45) is -0.644. The molecule has 3 N–H and O–H groups in total. The van der Waals surface area contributed by atoms with Crippen molar-refractivity contribution in [2.24, 2.45) is 0 Å². The Kier molecular flexibility index (Phi) is 5.54. The minimum absolute atomic E-state index is 0.0386. The first-order chi connectivity index (χ1) is 10.2. The van der Waals surface area contributed by atoms with E-state index in [1.54, 1.807) is 0 Å². The van der Waals surface area contributed by atoms with E-state index >= 15 is 0 Å². The number of aliphatic carboxylic acids is 1. The van der Waals surface area contributed by atoms with Gasteiger partial charge < -0.3 is 20.3 Å². The number of aliphatic hydroxyl groups excluding tert-OH is 1. The molecule has 112 valence electrons. The van der Waals surface area contributed by atoms with Crippen molar-refractivity contribution in [2.75, 3.05) is 19.7 Å². The predicted molar refractivity (Wildman–Crippen MR) is 80.6 cm³/mol. The fourth-order valence-corrected chi connectivity index (χ4v) is 2.03. The zero-order valence-electron chi connectivity index (χ0n) is 11.7. The highest BCUT2D eigenvalue weighted by molar-refractivity contribution is 5.88. The summed E-state index contributed by atoms with van der Waals surface area (Å²) in [5.41, 5.74) is 0. The van der Waals surface area contributed by atoms with Gasteiger partial charge in [-0.25, -0.2) is 0 Å². The maximum absolute atomic E-state index is 10.4. The zero-order chi connectivity index (χ0) is 15.1. The van der Waals surface area contributed by atoms with Crippen molar-refractivity contribution in [2.45, 2.75) is 12.5 Å². The third-order valence-electron chi connectivity index (χ3n) is 3.08. The van der Waals surface area contributed by atoms with Gasteiger partial charge in [0, 0.05) is 18.5 Å². The van der Waals surface area contributed by atoms with Gasteiger partial charge in [-0.3, -0.25) is 4.79 Å². The third kappa shape index (κ3) is 4.73. The molecule has 0 aliphatic rings. The number of hydrogen-bond acceptors (Lipinski definition) is 4. The molecule has 0 aliphatic carbocycles. The number of ether oxygens (including phenoxy) is 1. The molecule has 0 aliphatic heterocycles. The molecule has 1 atom stereocenters. The fraction of sp³-hybridized carbons (Fsp3) is 0.312. The molecule has 2 rings (SSSR count). The SMILES string of the molecule is O=C(O)CCNCC(O)COc1cccc2ccccc12.